The Hall–Kier alpha value is -3.86. The van der Waals surface area contributed by atoms with Gasteiger partial charge in [0.15, 0.2) is 0 Å². The van der Waals surface area contributed by atoms with Crippen LogP contribution in [0.15, 0.2) is 84.4 Å². The predicted octanol–water partition coefficient (Wildman–Crippen LogP) is 5.66. The summed E-state index contributed by atoms with van der Waals surface area (Å²) in [4.78, 5) is 28.0. The van der Waals surface area contributed by atoms with Gasteiger partial charge in [0, 0.05) is 12.1 Å². The predicted molar refractivity (Wildman–Crippen MR) is 132 cm³/mol. The van der Waals surface area contributed by atoms with Crippen molar-refractivity contribution in [3.8, 4) is 5.75 Å². The van der Waals surface area contributed by atoms with Gasteiger partial charge in [-0.3, -0.25) is 9.59 Å². The van der Waals surface area contributed by atoms with Gasteiger partial charge in [-0.05, 0) is 41.7 Å². The lowest BCUT2D eigenvalue weighted by Gasteiger charge is -2.25. The molecule has 1 fully saturated rings. The van der Waals surface area contributed by atoms with Crippen molar-refractivity contribution < 1.29 is 19.4 Å². The molecule has 1 aliphatic heterocycles. The Morgan fingerprint density at radius 3 is 2.32 bits per heavy atom. The molecule has 3 aromatic carbocycles. The molecule has 4 rings (SSSR count). The minimum absolute atomic E-state index is 0.0952. The van der Waals surface area contributed by atoms with Gasteiger partial charge < -0.3 is 14.7 Å². The molecule has 1 unspecified atom stereocenters. The molecule has 34 heavy (non-hydrogen) atoms. The molecule has 1 amide bonds. The molecule has 1 N–H and O–H groups in total. The van der Waals surface area contributed by atoms with Crippen molar-refractivity contribution in [2.45, 2.75) is 39.3 Å². The van der Waals surface area contributed by atoms with E-state index in [1.807, 2.05) is 61.5 Å². The van der Waals surface area contributed by atoms with Crippen LogP contribution in [0.3, 0.4) is 0 Å². The molecule has 0 spiro atoms. The van der Waals surface area contributed by atoms with Gasteiger partial charge in [-0.15, -0.1) is 0 Å². The number of likely N-dealkylation sites (tertiary alicyclic amines) is 1. The number of ketones is 1. The highest BCUT2D eigenvalue weighted by molar-refractivity contribution is 6.46. The fourth-order valence-electron chi connectivity index (χ4n) is 4.21. The molecular weight excluding hydrogens is 426 g/mol. The molecular formula is C29H29NO4. The third kappa shape index (κ3) is 4.74. The molecule has 1 atom stereocenters. The molecule has 0 bridgehead atoms. The highest BCUT2D eigenvalue weighted by Gasteiger charge is 2.46. The molecule has 0 radical (unpaired) electrons. The number of nitrogens with zero attached hydrogens (tertiary/aromatic N) is 1. The highest BCUT2D eigenvalue weighted by Crippen LogP contribution is 2.40. The number of amides is 1. The number of carbonyl (C=O) groups is 2. The average molecular weight is 456 g/mol. The van der Waals surface area contributed by atoms with Crippen molar-refractivity contribution in [1.82, 2.24) is 4.90 Å². The second kappa shape index (κ2) is 10.4. The smallest absolute Gasteiger partial charge is 0.295 e. The third-order valence-electron chi connectivity index (χ3n) is 6.02. The van der Waals surface area contributed by atoms with E-state index in [0.717, 1.165) is 29.5 Å². The van der Waals surface area contributed by atoms with Crippen molar-refractivity contribution in [2.75, 3.05) is 6.61 Å². The van der Waals surface area contributed by atoms with E-state index in [4.69, 9.17) is 4.74 Å². The fourth-order valence-corrected chi connectivity index (χ4v) is 4.21. The lowest BCUT2D eigenvalue weighted by molar-refractivity contribution is -0.140. The number of hydrogen-bond acceptors (Lipinski definition) is 4. The van der Waals surface area contributed by atoms with Gasteiger partial charge in [0.05, 0.1) is 18.2 Å². The van der Waals surface area contributed by atoms with Crippen LogP contribution < -0.4 is 4.74 Å². The van der Waals surface area contributed by atoms with Crippen molar-refractivity contribution in [2.24, 2.45) is 0 Å². The maximum Gasteiger partial charge on any atom is 0.295 e. The fraction of sp³-hybridized carbons (Fsp3) is 0.241. The maximum absolute atomic E-state index is 13.2. The van der Waals surface area contributed by atoms with Crippen molar-refractivity contribution in [3.63, 3.8) is 0 Å². The molecule has 1 heterocycles. The van der Waals surface area contributed by atoms with Gasteiger partial charge in [-0.25, -0.2) is 0 Å². The third-order valence-corrected chi connectivity index (χ3v) is 6.02. The molecule has 5 heteroatoms. The van der Waals surface area contributed by atoms with Gasteiger partial charge >= 0.3 is 0 Å². The largest absolute Gasteiger partial charge is 0.507 e. The number of aliphatic hydroxyl groups is 1. The Morgan fingerprint density at radius 2 is 1.65 bits per heavy atom. The van der Waals surface area contributed by atoms with Crippen LogP contribution in [0.4, 0.5) is 0 Å². The van der Waals surface area contributed by atoms with E-state index < -0.39 is 17.7 Å². The number of aliphatic hydroxyl groups excluding tert-OH is 1. The number of carbonyl (C=O) groups excluding carboxylic acids is 2. The summed E-state index contributed by atoms with van der Waals surface area (Å²) in [6.07, 6.45) is 1.74. The second-order valence-electron chi connectivity index (χ2n) is 8.38. The number of hydrogen-bond donors (Lipinski definition) is 1. The van der Waals surface area contributed by atoms with Crippen molar-refractivity contribution >= 4 is 17.4 Å². The Morgan fingerprint density at radius 1 is 0.912 bits per heavy atom. The zero-order valence-corrected chi connectivity index (χ0v) is 19.5. The van der Waals surface area contributed by atoms with Gasteiger partial charge in [-0.2, -0.15) is 0 Å². The quantitative estimate of drug-likeness (QED) is 0.270. The molecule has 0 aromatic heterocycles. The Bertz CT molecular complexity index is 1200. The van der Waals surface area contributed by atoms with E-state index in [9.17, 15) is 14.7 Å². The normalized spacial score (nSPS) is 17.2. The molecule has 1 aliphatic rings. The maximum atomic E-state index is 13.2. The first-order chi connectivity index (χ1) is 16.5. The van der Waals surface area contributed by atoms with E-state index in [1.165, 1.54) is 0 Å². The van der Waals surface area contributed by atoms with Gasteiger partial charge in [0.1, 0.15) is 11.5 Å². The first-order valence-electron chi connectivity index (χ1n) is 11.7. The minimum atomic E-state index is -0.689. The van der Waals surface area contributed by atoms with Gasteiger partial charge in [-0.1, -0.05) is 80.6 Å². The van der Waals surface area contributed by atoms with Crippen molar-refractivity contribution in [1.29, 1.82) is 0 Å². The molecule has 5 nitrogen and oxygen atoms in total. The summed E-state index contributed by atoms with van der Waals surface area (Å²) < 4.78 is 5.70. The molecule has 0 saturated carbocycles. The number of Topliss-reactive ketones (excluding diaryl/α,β-unsaturated/α-hetero) is 1. The monoisotopic (exact) mass is 455 g/mol. The van der Waals surface area contributed by atoms with Crippen LogP contribution in [-0.2, 0) is 22.6 Å². The van der Waals surface area contributed by atoms with Gasteiger partial charge in [0.25, 0.3) is 11.7 Å². The van der Waals surface area contributed by atoms with Crippen LogP contribution in [0, 0.1) is 0 Å². The van der Waals surface area contributed by atoms with Crippen LogP contribution in [0.2, 0.25) is 0 Å². The summed E-state index contributed by atoms with van der Waals surface area (Å²) in [5.74, 6) is -0.889. The lowest BCUT2D eigenvalue weighted by atomic mass is 9.94. The highest BCUT2D eigenvalue weighted by atomic mass is 16.5. The number of rotatable bonds is 8. The lowest BCUT2D eigenvalue weighted by Crippen LogP contribution is -2.29. The molecule has 174 valence electrons. The number of ether oxygens (including phenoxy) is 1. The number of benzene rings is 3. The Labute approximate surface area is 200 Å². The van der Waals surface area contributed by atoms with E-state index >= 15 is 0 Å². The standard InChI is InChI=1S/C29H29NO4/c1-3-17-34-24-12-8-11-23(18-24)27(31)25-26(22-15-13-20(4-2)14-16-22)30(29(33)28(25)32)19-21-9-6-5-7-10-21/h5-16,18,26,31H,3-4,17,19H2,1-2H3/b27-25+. The number of aryl methyl sites for hydroxylation is 1. The SMILES string of the molecule is CCCOc1cccc(/C(O)=C2\C(=O)C(=O)N(Cc3ccccc3)C2c2ccc(CC)cc2)c1. The Kier molecular flexibility index (Phi) is 7.12. The molecule has 3 aromatic rings. The molecule has 1 saturated heterocycles. The van der Waals surface area contributed by atoms with Crippen LogP contribution in [-0.4, -0.2) is 28.3 Å². The first kappa shape index (κ1) is 23.3. The van der Waals surface area contributed by atoms with Crippen LogP contribution in [0.25, 0.3) is 5.76 Å². The van der Waals surface area contributed by atoms with Crippen molar-refractivity contribution in [3.05, 3.63) is 107 Å². The van der Waals surface area contributed by atoms with E-state index in [1.54, 1.807) is 29.2 Å². The van der Waals surface area contributed by atoms with E-state index in [2.05, 4.69) is 6.92 Å². The van der Waals surface area contributed by atoms with E-state index in [0.29, 0.717) is 17.9 Å². The van der Waals surface area contributed by atoms with Crippen LogP contribution in [0.1, 0.15) is 48.6 Å². The zero-order chi connectivity index (χ0) is 24.1. The summed E-state index contributed by atoms with van der Waals surface area (Å²) in [6, 6.07) is 23.7. The van der Waals surface area contributed by atoms with Gasteiger partial charge in [0.2, 0.25) is 0 Å². The van der Waals surface area contributed by atoms with Crippen LogP contribution in [0.5, 0.6) is 5.75 Å². The van der Waals surface area contributed by atoms with E-state index in [-0.39, 0.29) is 17.9 Å². The summed E-state index contributed by atoms with van der Waals surface area (Å²) >= 11 is 0. The first-order valence-corrected chi connectivity index (χ1v) is 11.7. The zero-order valence-electron chi connectivity index (χ0n) is 19.5. The second-order valence-corrected chi connectivity index (χ2v) is 8.38. The van der Waals surface area contributed by atoms with Crippen LogP contribution >= 0.6 is 0 Å². The summed E-state index contributed by atoms with van der Waals surface area (Å²) in [7, 11) is 0. The summed E-state index contributed by atoms with van der Waals surface area (Å²) in [5, 5.41) is 11.3. The topological polar surface area (TPSA) is 66.8 Å². The summed E-state index contributed by atoms with van der Waals surface area (Å²) in [5.41, 5.74) is 3.39. The minimum Gasteiger partial charge on any atom is -0.507 e. The average Bonchev–Trinajstić information content (AvgIpc) is 3.12. The molecule has 0 aliphatic carbocycles. The summed E-state index contributed by atoms with van der Waals surface area (Å²) in [6.45, 7) is 4.91. The Balaban J connectivity index is 1.81.